The van der Waals surface area contributed by atoms with Crippen LogP contribution in [-0.4, -0.2) is 33.5 Å². The SMILES string of the molecule is COCCOCC1(CN)c2ccccc2Oc2ccccc21. The van der Waals surface area contributed by atoms with E-state index >= 15 is 0 Å². The van der Waals surface area contributed by atoms with Gasteiger partial charge >= 0.3 is 0 Å². The lowest BCUT2D eigenvalue weighted by molar-refractivity contribution is 0.0488. The van der Waals surface area contributed by atoms with Crippen molar-refractivity contribution in [3.8, 4) is 11.5 Å². The average Bonchev–Trinajstić information content (AvgIpc) is 2.58. The summed E-state index contributed by atoms with van der Waals surface area (Å²) >= 11 is 0. The summed E-state index contributed by atoms with van der Waals surface area (Å²) in [4.78, 5) is 0. The third kappa shape index (κ3) is 2.50. The van der Waals surface area contributed by atoms with Crippen LogP contribution in [0.15, 0.2) is 48.5 Å². The Labute approximate surface area is 130 Å². The molecule has 0 aromatic heterocycles. The highest BCUT2D eigenvalue weighted by molar-refractivity contribution is 5.58. The zero-order valence-corrected chi connectivity index (χ0v) is 12.7. The second-order valence-electron chi connectivity index (χ2n) is 5.43. The molecule has 1 heterocycles. The summed E-state index contributed by atoms with van der Waals surface area (Å²) in [7, 11) is 1.67. The van der Waals surface area contributed by atoms with Gasteiger partial charge in [0, 0.05) is 24.8 Å². The van der Waals surface area contributed by atoms with Gasteiger partial charge in [-0.3, -0.25) is 0 Å². The molecular weight excluding hydrogens is 278 g/mol. The van der Waals surface area contributed by atoms with Gasteiger partial charge in [0.15, 0.2) is 0 Å². The summed E-state index contributed by atoms with van der Waals surface area (Å²) in [6.45, 7) is 2.07. The zero-order valence-electron chi connectivity index (χ0n) is 12.7. The van der Waals surface area contributed by atoms with E-state index in [1.165, 1.54) is 0 Å². The number of fused-ring (bicyclic) bond motifs is 2. The zero-order chi connectivity index (χ0) is 15.4. The van der Waals surface area contributed by atoms with E-state index in [0.29, 0.717) is 26.4 Å². The van der Waals surface area contributed by atoms with Crippen LogP contribution in [0.4, 0.5) is 0 Å². The molecule has 0 spiro atoms. The number of ether oxygens (including phenoxy) is 3. The molecule has 0 radical (unpaired) electrons. The third-order valence-corrected chi connectivity index (χ3v) is 4.15. The lowest BCUT2D eigenvalue weighted by atomic mass is 9.73. The molecule has 1 aliphatic rings. The molecule has 2 aromatic rings. The first-order chi connectivity index (χ1) is 10.8. The number of nitrogens with two attached hydrogens (primary N) is 1. The summed E-state index contributed by atoms with van der Waals surface area (Å²) in [5.41, 5.74) is 7.98. The Morgan fingerprint density at radius 1 is 0.955 bits per heavy atom. The van der Waals surface area contributed by atoms with Crippen molar-refractivity contribution in [3.05, 3.63) is 59.7 Å². The van der Waals surface area contributed by atoms with Crippen molar-refractivity contribution in [2.24, 2.45) is 5.73 Å². The fourth-order valence-electron chi connectivity index (χ4n) is 2.99. The van der Waals surface area contributed by atoms with Gasteiger partial charge in [0.05, 0.1) is 25.2 Å². The maximum absolute atomic E-state index is 6.22. The first-order valence-electron chi connectivity index (χ1n) is 7.45. The highest BCUT2D eigenvalue weighted by atomic mass is 16.5. The van der Waals surface area contributed by atoms with Crippen molar-refractivity contribution < 1.29 is 14.2 Å². The smallest absolute Gasteiger partial charge is 0.131 e. The fraction of sp³-hybridized carbons (Fsp3) is 0.333. The molecule has 0 saturated carbocycles. The summed E-state index contributed by atoms with van der Waals surface area (Å²) in [5.74, 6) is 1.70. The predicted octanol–water partition coefficient (Wildman–Crippen LogP) is 2.70. The molecule has 3 rings (SSSR count). The molecule has 0 unspecified atom stereocenters. The lowest BCUT2D eigenvalue weighted by Crippen LogP contribution is -2.43. The number of para-hydroxylation sites is 2. The molecule has 4 nitrogen and oxygen atoms in total. The number of methoxy groups -OCH3 is 1. The Balaban J connectivity index is 2.03. The van der Waals surface area contributed by atoms with E-state index in [1.54, 1.807) is 7.11 Å². The molecule has 2 aromatic carbocycles. The van der Waals surface area contributed by atoms with Gasteiger partial charge in [0.25, 0.3) is 0 Å². The number of hydrogen-bond donors (Lipinski definition) is 1. The minimum atomic E-state index is -0.390. The van der Waals surface area contributed by atoms with Crippen LogP contribution in [0.1, 0.15) is 11.1 Å². The van der Waals surface area contributed by atoms with Crippen LogP contribution in [0.5, 0.6) is 11.5 Å². The molecule has 2 N–H and O–H groups in total. The standard InChI is InChI=1S/C18H21NO3/c1-20-10-11-21-13-18(12-19)14-6-2-4-8-16(14)22-17-9-5-3-7-15(17)18/h2-9H,10-13,19H2,1H3. The molecule has 0 amide bonds. The highest BCUT2D eigenvalue weighted by Crippen LogP contribution is 2.47. The molecule has 1 aliphatic heterocycles. The molecular formula is C18H21NO3. The van der Waals surface area contributed by atoms with Crippen LogP contribution in [0.3, 0.4) is 0 Å². The molecule has 116 valence electrons. The van der Waals surface area contributed by atoms with E-state index in [4.69, 9.17) is 19.9 Å². The Morgan fingerprint density at radius 2 is 1.55 bits per heavy atom. The van der Waals surface area contributed by atoms with Gasteiger partial charge in [-0.25, -0.2) is 0 Å². The number of rotatable bonds is 6. The average molecular weight is 299 g/mol. The van der Waals surface area contributed by atoms with Gasteiger partial charge in [-0.05, 0) is 12.1 Å². The van der Waals surface area contributed by atoms with E-state index in [2.05, 4.69) is 12.1 Å². The Hall–Kier alpha value is -1.88. The molecule has 0 saturated heterocycles. The van der Waals surface area contributed by atoms with Gasteiger partial charge in [-0.15, -0.1) is 0 Å². The first-order valence-corrected chi connectivity index (χ1v) is 7.45. The van der Waals surface area contributed by atoms with Crippen LogP contribution in [-0.2, 0) is 14.9 Å². The molecule has 0 fully saturated rings. The van der Waals surface area contributed by atoms with E-state index in [0.717, 1.165) is 22.6 Å². The highest BCUT2D eigenvalue weighted by Gasteiger charge is 2.41. The van der Waals surface area contributed by atoms with Gasteiger partial charge in [0.1, 0.15) is 11.5 Å². The Kier molecular flexibility index (Phi) is 4.43. The molecule has 0 bridgehead atoms. The van der Waals surface area contributed by atoms with Crippen molar-refractivity contribution in [3.63, 3.8) is 0 Å². The molecule has 0 aliphatic carbocycles. The second kappa shape index (κ2) is 6.48. The molecule has 22 heavy (non-hydrogen) atoms. The maximum atomic E-state index is 6.22. The monoisotopic (exact) mass is 299 g/mol. The van der Waals surface area contributed by atoms with Gasteiger partial charge < -0.3 is 19.9 Å². The third-order valence-electron chi connectivity index (χ3n) is 4.15. The van der Waals surface area contributed by atoms with Crippen LogP contribution < -0.4 is 10.5 Å². The minimum absolute atomic E-state index is 0.390. The topological polar surface area (TPSA) is 53.7 Å². The van der Waals surface area contributed by atoms with E-state index in [-0.39, 0.29) is 5.41 Å². The van der Waals surface area contributed by atoms with E-state index in [9.17, 15) is 0 Å². The molecule has 0 atom stereocenters. The van der Waals surface area contributed by atoms with Crippen molar-refractivity contribution >= 4 is 0 Å². The van der Waals surface area contributed by atoms with Crippen molar-refractivity contribution in [2.75, 3.05) is 33.5 Å². The van der Waals surface area contributed by atoms with Gasteiger partial charge in [-0.1, -0.05) is 36.4 Å². The van der Waals surface area contributed by atoms with Crippen molar-refractivity contribution in [1.29, 1.82) is 0 Å². The van der Waals surface area contributed by atoms with Gasteiger partial charge in [0.2, 0.25) is 0 Å². The number of benzene rings is 2. The molecule has 4 heteroatoms. The number of hydrogen-bond acceptors (Lipinski definition) is 4. The first kappa shape index (κ1) is 15.0. The largest absolute Gasteiger partial charge is 0.457 e. The van der Waals surface area contributed by atoms with Gasteiger partial charge in [-0.2, -0.15) is 0 Å². The van der Waals surface area contributed by atoms with E-state index in [1.807, 2.05) is 36.4 Å². The summed E-state index contributed by atoms with van der Waals surface area (Å²) in [5, 5.41) is 0. The summed E-state index contributed by atoms with van der Waals surface area (Å²) in [6.07, 6.45) is 0. The second-order valence-corrected chi connectivity index (χ2v) is 5.43. The summed E-state index contributed by atoms with van der Waals surface area (Å²) < 4.78 is 16.9. The Bertz CT molecular complexity index is 596. The fourth-order valence-corrected chi connectivity index (χ4v) is 2.99. The van der Waals surface area contributed by atoms with E-state index < -0.39 is 0 Å². The van der Waals surface area contributed by atoms with Crippen molar-refractivity contribution in [1.82, 2.24) is 0 Å². The predicted molar refractivity (Wildman–Crippen MR) is 85.5 cm³/mol. The maximum Gasteiger partial charge on any atom is 0.131 e. The quantitative estimate of drug-likeness (QED) is 0.833. The normalized spacial score (nSPS) is 14.8. The Morgan fingerprint density at radius 3 is 2.09 bits per heavy atom. The van der Waals surface area contributed by atoms with Crippen LogP contribution in [0, 0.1) is 0 Å². The van der Waals surface area contributed by atoms with Crippen LogP contribution in [0.2, 0.25) is 0 Å². The van der Waals surface area contributed by atoms with Crippen LogP contribution in [0.25, 0.3) is 0 Å². The lowest BCUT2D eigenvalue weighted by Gasteiger charge is -2.39. The van der Waals surface area contributed by atoms with Crippen molar-refractivity contribution in [2.45, 2.75) is 5.41 Å². The summed E-state index contributed by atoms with van der Waals surface area (Å²) in [6, 6.07) is 16.1. The minimum Gasteiger partial charge on any atom is -0.457 e. The van der Waals surface area contributed by atoms with Crippen LogP contribution >= 0.6 is 0 Å².